The van der Waals surface area contributed by atoms with Crippen molar-refractivity contribution in [3.05, 3.63) is 109 Å². The second kappa shape index (κ2) is 9.72. The quantitative estimate of drug-likeness (QED) is 0.358. The summed E-state index contributed by atoms with van der Waals surface area (Å²) in [7, 11) is 4.08. The number of hydrogen-bond acceptors (Lipinski definition) is 4. The third kappa shape index (κ3) is 5.37. The minimum Gasteiger partial charge on any atom is -0.399 e. The Morgan fingerprint density at radius 3 is 1.65 bits per heavy atom. The maximum atomic E-state index is 5.80. The maximum absolute atomic E-state index is 5.80. The van der Waals surface area contributed by atoms with E-state index in [4.69, 9.17) is 11.5 Å². The van der Waals surface area contributed by atoms with Crippen LogP contribution in [0.25, 0.3) is 5.57 Å². The normalized spacial score (nSPS) is 11.5. The maximum Gasteiger partial charge on any atom is 0.0409 e. The zero-order valence-corrected chi connectivity index (χ0v) is 18.4. The summed E-state index contributed by atoms with van der Waals surface area (Å²) in [5.74, 6) is 0. The minimum absolute atomic E-state index is 0.758. The zero-order chi connectivity index (χ0) is 22.4. The fraction of sp³-hybridized carbons (Fsp3) is 0.111. The van der Waals surface area contributed by atoms with Crippen molar-refractivity contribution >= 4 is 34.0 Å². The van der Waals surface area contributed by atoms with Gasteiger partial charge in [-0.25, -0.2) is 0 Å². The molecule has 0 aliphatic carbocycles. The van der Waals surface area contributed by atoms with E-state index in [0.717, 1.165) is 45.3 Å². The molecule has 0 unspecified atom stereocenters. The molecule has 0 radical (unpaired) electrons. The highest BCUT2D eigenvalue weighted by atomic mass is 15.1. The minimum atomic E-state index is 0.758. The largest absolute Gasteiger partial charge is 0.399 e. The number of hydrogen-bond donors (Lipinski definition) is 2. The summed E-state index contributed by atoms with van der Waals surface area (Å²) in [4.78, 5) is 4.25. The van der Waals surface area contributed by atoms with Crippen molar-refractivity contribution in [3.63, 3.8) is 0 Å². The molecule has 0 aliphatic rings. The molecule has 0 saturated heterocycles. The van der Waals surface area contributed by atoms with Crippen molar-refractivity contribution in [2.45, 2.75) is 6.92 Å². The summed E-state index contributed by atoms with van der Waals surface area (Å²) in [6.45, 7) is 6.27. The molecule has 3 aromatic rings. The number of anilines is 5. The standard InChI is InChI=1S/C27H30N4/c1-5-24(30(3)26-16-9-22(28)10-17-26)13-6-20(2)21-7-14-25(15-8-21)31(4)27-18-11-23(29)12-19-27/h5-19H,2,28-29H2,1,3-4H3/b13-6-,24-5+. The Balaban J connectivity index is 1.70. The third-order valence-corrected chi connectivity index (χ3v) is 5.32. The molecule has 0 aromatic heterocycles. The van der Waals surface area contributed by atoms with E-state index in [1.807, 2.05) is 75.6 Å². The van der Waals surface area contributed by atoms with Crippen LogP contribution in [0.5, 0.6) is 0 Å². The lowest BCUT2D eigenvalue weighted by Crippen LogP contribution is -2.14. The fourth-order valence-electron chi connectivity index (χ4n) is 3.28. The average Bonchev–Trinajstić information content (AvgIpc) is 2.80. The van der Waals surface area contributed by atoms with Gasteiger partial charge in [0.05, 0.1) is 0 Å². The highest BCUT2D eigenvalue weighted by molar-refractivity contribution is 5.75. The molecule has 0 amide bonds. The van der Waals surface area contributed by atoms with Gasteiger partial charge < -0.3 is 21.3 Å². The van der Waals surface area contributed by atoms with E-state index in [2.05, 4.69) is 52.8 Å². The first-order valence-electron chi connectivity index (χ1n) is 10.2. The van der Waals surface area contributed by atoms with Gasteiger partial charge in [0.2, 0.25) is 0 Å². The van der Waals surface area contributed by atoms with Crippen LogP contribution in [-0.4, -0.2) is 14.1 Å². The van der Waals surface area contributed by atoms with Gasteiger partial charge in [-0.05, 0) is 84.8 Å². The number of nitrogen functional groups attached to an aromatic ring is 2. The summed E-state index contributed by atoms with van der Waals surface area (Å²) < 4.78 is 0. The van der Waals surface area contributed by atoms with E-state index in [1.165, 1.54) is 0 Å². The Bertz CT molecular complexity index is 1080. The van der Waals surface area contributed by atoms with Crippen LogP contribution in [0, 0.1) is 0 Å². The SMILES string of the molecule is C=C(/C=C\C(=C/C)N(C)c1ccc(N)cc1)c1ccc(N(C)c2ccc(N)cc2)cc1. The number of nitrogens with two attached hydrogens (primary N) is 2. The summed E-state index contributed by atoms with van der Waals surface area (Å²) in [6.07, 6.45) is 6.19. The summed E-state index contributed by atoms with van der Waals surface area (Å²) >= 11 is 0. The molecule has 0 bridgehead atoms. The first-order valence-corrected chi connectivity index (χ1v) is 10.2. The van der Waals surface area contributed by atoms with Gasteiger partial charge in [0.25, 0.3) is 0 Å². The van der Waals surface area contributed by atoms with Crippen molar-refractivity contribution in [1.82, 2.24) is 0 Å². The Kier molecular flexibility index (Phi) is 6.83. The molecule has 4 nitrogen and oxygen atoms in total. The Labute approximate surface area is 185 Å². The molecular weight excluding hydrogens is 380 g/mol. The lowest BCUT2D eigenvalue weighted by atomic mass is 10.1. The van der Waals surface area contributed by atoms with Crippen LogP contribution < -0.4 is 21.3 Å². The number of allylic oxidation sites excluding steroid dienone is 4. The van der Waals surface area contributed by atoms with Gasteiger partial charge in [-0.2, -0.15) is 0 Å². The van der Waals surface area contributed by atoms with Gasteiger partial charge in [-0.1, -0.05) is 30.9 Å². The monoisotopic (exact) mass is 410 g/mol. The smallest absolute Gasteiger partial charge is 0.0409 e. The van der Waals surface area contributed by atoms with Crippen molar-refractivity contribution in [2.24, 2.45) is 0 Å². The lowest BCUT2D eigenvalue weighted by molar-refractivity contribution is 1.13. The van der Waals surface area contributed by atoms with E-state index in [-0.39, 0.29) is 0 Å². The van der Waals surface area contributed by atoms with Crippen molar-refractivity contribution < 1.29 is 0 Å². The molecule has 4 N–H and O–H groups in total. The Morgan fingerprint density at radius 2 is 1.16 bits per heavy atom. The number of rotatable bonds is 7. The molecule has 0 spiro atoms. The molecule has 0 aliphatic heterocycles. The Hall–Kier alpha value is -3.92. The molecular formula is C27H30N4. The molecule has 0 atom stereocenters. The molecule has 31 heavy (non-hydrogen) atoms. The third-order valence-electron chi connectivity index (χ3n) is 5.32. The molecule has 3 rings (SSSR count). The van der Waals surface area contributed by atoms with Gasteiger partial charge in [0.1, 0.15) is 0 Å². The molecule has 0 saturated carbocycles. The van der Waals surface area contributed by atoms with Crippen molar-refractivity contribution in [3.8, 4) is 0 Å². The van der Waals surface area contributed by atoms with Gasteiger partial charge >= 0.3 is 0 Å². The van der Waals surface area contributed by atoms with Crippen LogP contribution in [0.2, 0.25) is 0 Å². The van der Waals surface area contributed by atoms with Crippen LogP contribution in [0.4, 0.5) is 28.4 Å². The summed E-state index contributed by atoms with van der Waals surface area (Å²) in [5.41, 5.74) is 19.5. The topological polar surface area (TPSA) is 58.5 Å². The predicted octanol–water partition coefficient (Wildman–Crippen LogP) is 6.23. The Morgan fingerprint density at radius 1 is 0.710 bits per heavy atom. The molecule has 0 fully saturated rings. The van der Waals surface area contributed by atoms with E-state index >= 15 is 0 Å². The number of nitrogens with zero attached hydrogens (tertiary/aromatic N) is 2. The highest BCUT2D eigenvalue weighted by Gasteiger charge is 2.06. The van der Waals surface area contributed by atoms with Crippen LogP contribution in [0.3, 0.4) is 0 Å². The first-order chi connectivity index (χ1) is 14.9. The van der Waals surface area contributed by atoms with Crippen LogP contribution in [0.15, 0.2) is 103 Å². The number of likely N-dealkylation sites (N-methyl/N-ethyl adjacent to an activating group) is 1. The van der Waals surface area contributed by atoms with Gasteiger partial charge in [-0.15, -0.1) is 0 Å². The van der Waals surface area contributed by atoms with Crippen molar-refractivity contribution in [1.29, 1.82) is 0 Å². The molecule has 0 heterocycles. The number of benzene rings is 3. The second-order valence-corrected chi connectivity index (χ2v) is 7.42. The molecule has 3 aromatic carbocycles. The van der Waals surface area contributed by atoms with E-state index in [9.17, 15) is 0 Å². The van der Waals surface area contributed by atoms with E-state index in [0.29, 0.717) is 0 Å². The first kappa shape index (κ1) is 21.8. The van der Waals surface area contributed by atoms with Crippen LogP contribution in [0.1, 0.15) is 12.5 Å². The molecule has 4 heteroatoms. The van der Waals surface area contributed by atoms with Crippen molar-refractivity contribution in [2.75, 3.05) is 35.4 Å². The highest BCUT2D eigenvalue weighted by Crippen LogP contribution is 2.26. The summed E-state index contributed by atoms with van der Waals surface area (Å²) in [5, 5.41) is 0. The van der Waals surface area contributed by atoms with Gasteiger partial charge in [-0.3, -0.25) is 0 Å². The lowest BCUT2D eigenvalue weighted by Gasteiger charge is -2.21. The van der Waals surface area contributed by atoms with Crippen LogP contribution in [-0.2, 0) is 0 Å². The molecule has 158 valence electrons. The van der Waals surface area contributed by atoms with E-state index in [1.54, 1.807) is 0 Å². The van der Waals surface area contributed by atoms with Gasteiger partial charge in [0.15, 0.2) is 0 Å². The zero-order valence-electron chi connectivity index (χ0n) is 18.4. The average molecular weight is 411 g/mol. The van der Waals surface area contributed by atoms with Crippen LogP contribution >= 0.6 is 0 Å². The second-order valence-electron chi connectivity index (χ2n) is 7.42. The van der Waals surface area contributed by atoms with E-state index < -0.39 is 0 Å². The fourth-order valence-corrected chi connectivity index (χ4v) is 3.28. The van der Waals surface area contributed by atoms with Gasteiger partial charge in [0, 0.05) is 48.2 Å². The summed E-state index contributed by atoms with van der Waals surface area (Å²) in [6, 6.07) is 24.1. The predicted molar refractivity (Wildman–Crippen MR) is 137 cm³/mol.